The molecule has 0 unspecified atom stereocenters. The lowest BCUT2D eigenvalue weighted by atomic mass is 10.2. The zero-order chi connectivity index (χ0) is 11.9. The molecule has 1 aliphatic heterocycles. The summed E-state index contributed by atoms with van der Waals surface area (Å²) in [6.45, 7) is 0.128. The number of benzene rings is 1. The molecule has 2 N–H and O–H groups in total. The lowest BCUT2D eigenvalue weighted by Gasteiger charge is -2.10. The lowest BCUT2D eigenvalue weighted by Crippen LogP contribution is -2.31. The van der Waals surface area contributed by atoms with E-state index in [-0.39, 0.29) is 21.6 Å². The molecule has 0 radical (unpaired) electrons. The Hall–Kier alpha value is -0.970. The number of carbonyl (C=O) groups is 2. The maximum absolute atomic E-state index is 11.2. The lowest BCUT2D eigenvalue weighted by molar-refractivity contribution is -0.136. The molecule has 7 heteroatoms. The molecular weight excluding hydrogens is 274 g/mol. The van der Waals surface area contributed by atoms with Gasteiger partial charge in [-0.05, 0) is 6.07 Å². The summed E-state index contributed by atoms with van der Waals surface area (Å²) in [5.74, 6) is -1.48. The largest absolute Gasteiger partial charge is 0.344 e. The van der Waals surface area contributed by atoms with E-state index in [0.717, 1.165) is 0 Å². The average molecular weight is 280 g/mol. The minimum absolute atomic E-state index is 0.128. The van der Waals surface area contributed by atoms with E-state index in [0.29, 0.717) is 11.3 Å². The summed E-state index contributed by atoms with van der Waals surface area (Å²) in [6.07, 6.45) is 0. The first-order valence-corrected chi connectivity index (χ1v) is 5.39. The van der Waals surface area contributed by atoms with Gasteiger partial charge >= 0.3 is 11.8 Å². The molecule has 2 amide bonds. The number of nitrogens with one attached hydrogen (secondary N) is 2. The maximum Gasteiger partial charge on any atom is 0.313 e. The zero-order valence-corrected chi connectivity index (χ0v) is 10.0. The molecule has 0 bridgehead atoms. The molecule has 2 rings (SSSR count). The van der Waals surface area contributed by atoms with Crippen LogP contribution in [0.5, 0.6) is 0 Å². The quantitative estimate of drug-likeness (QED) is 0.565. The van der Waals surface area contributed by atoms with Gasteiger partial charge in [-0.3, -0.25) is 9.59 Å². The van der Waals surface area contributed by atoms with Crippen molar-refractivity contribution in [3.8, 4) is 0 Å². The number of hydrogen-bond acceptors (Lipinski definition) is 2. The van der Waals surface area contributed by atoms with Gasteiger partial charge in [0.05, 0.1) is 15.1 Å². The fraction of sp³-hybridized carbons (Fsp3) is 0.111. The van der Waals surface area contributed by atoms with Gasteiger partial charge in [-0.15, -0.1) is 0 Å². The van der Waals surface area contributed by atoms with Crippen molar-refractivity contribution in [1.29, 1.82) is 0 Å². The van der Waals surface area contributed by atoms with Crippen LogP contribution in [0.1, 0.15) is 5.56 Å². The van der Waals surface area contributed by atoms with Gasteiger partial charge in [0.25, 0.3) is 0 Å². The van der Waals surface area contributed by atoms with Crippen molar-refractivity contribution in [2.24, 2.45) is 0 Å². The summed E-state index contributed by atoms with van der Waals surface area (Å²) in [6, 6.07) is 1.46. The van der Waals surface area contributed by atoms with Crippen LogP contribution < -0.4 is 10.6 Å². The number of halogens is 3. The normalized spacial score (nSPS) is 14.9. The van der Waals surface area contributed by atoms with Crippen molar-refractivity contribution in [3.63, 3.8) is 0 Å². The molecule has 0 spiro atoms. The number of carbonyl (C=O) groups excluding carboxylic acids is 2. The van der Waals surface area contributed by atoms with Crippen LogP contribution in [0, 0.1) is 0 Å². The third kappa shape index (κ3) is 1.84. The molecule has 0 fully saturated rings. The number of rotatable bonds is 0. The second-order valence-corrected chi connectivity index (χ2v) is 4.31. The highest BCUT2D eigenvalue weighted by Gasteiger charge is 2.23. The molecular formula is C9H5Cl3N2O2. The molecule has 1 heterocycles. The molecule has 84 valence electrons. The van der Waals surface area contributed by atoms with Crippen molar-refractivity contribution in [3.05, 3.63) is 26.7 Å². The fourth-order valence-electron chi connectivity index (χ4n) is 1.35. The summed E-state index contributed by atoms with van der Waals surface area (Å²) >= 11 is 17.6. The third-order valence-electron chi connectivity index (χ3n) is 2.14. The van der Waals surface area contributed by atoms with Crippen molar-refractivity contribution >= 4 is 52.3 Å². The molecule has 0 saturated heterocycles. The number of anilines is 1. The monoisotopic (exact) mass is 278 g/mol. The molecule has 0 aliphatic carbocycles. The summed E-state index contributed by atoms with van der Waals surface area (Å²) in [7, 11) is 0. The molecule has 16 heavy (non-hydrogen) atoms. The second-order valence-electron chi connectivity index (χ2n) is 3.15. The minimum Gasteiger partial charge on any atom is -0.344 e. The first-order chi connectivity index (χ1) is 7.50. The van der Waals surface area contributed by atoms with Crippen LogP contribution in [0.4, 0.5) is 5.69 Å². The van der Waals surface area contributed by atoms with Crippen LogP contribution >= 0.6 is 34.8 Å². The predicted molar refractivity (Wildman–Crippen MR) is 61.9 cm³/mol. The Morgan fingerprint density at radius 2 is 1.75 bits per heavy atom. The summed E-state index contributed by atoms with van der Waals surface area (Å²) in [5.41, 5.74) is 0.929. The van der Waals surface area contributed by atoms with E-state index in [9.17, 15) is 9.59 Å². The fourth-order valence-corrected chi connectivity index (χ4v) is 2.04. The second kappa shape index (κ2) is 4.13. The number of amides is 2. The van der Waals surface area contributed by atoms with Crippen molar-refractivity contribution in [1.82, 2.24) is 5.32 Å². The molecule has 1 aliphatic rings. The topological polar surface area (TPSA) is 58.2 Å². The van der Waals surface area contributed by atoms with E-state index in [1.807, 2.05) is 0 Å². The van der Waals surface area contributed by atoms with E-state index >= 15 is 0 Å². The SMILES string of the molecule is O=C1NCc2c(cc(Cl)c(Cl)c2Cl)NC1=O. The van der Waals surface area contributed by atoms with E-state index in [1.54, 1.807) is 0 Å². The molecule has 1 aromatic rings. The van der Waals surface area contributed by atoms with Gasteiger partial charge in [0.2, 0.25) is 0 Å². The Morgan fingerprint density at radius 1 is 1.06 bits per heavy atom. The number of hydrogen-bond donors (Lipinski definition) is 2. The van der Waals surface area contributed by atoms with Gasteiger partial charge in [-0.25, -0.2) is 0 Å². The van der Waals surface area contributed by atoms with E-state index < -0.39 is 11.8 Å². The Kier molecular flexibility index (Phi) is 2.97. The number of fused-ring (bicyclic) bond motifs is 1. The van der Waals surface area contributed by atoms with Gasteiger partial charge in [0.1, 0.15) is 0 Å². The summed E-state index contributed by atoms with van der Waals surface area (Å²) < 4.78 is 0. The zero-order valence-electron chi connectivity index (χ0n) is 7.73. The van der Waals surface area contributed by atoms with Crippen molar-refractivity contribution in [2.75, 3.05) is 5.32 Å². The van der Waals surface area contributed by atoms with E-state index in [4.69, 9.17) is 34.8 Å². The van der Waals surface area contributed by atoms with Crippen molar-refractivity contribution in [2.45, 2.75) is 6.54 Å². The van der Waals surface area contributed by atoms with Gasteiger partial charge in [-0.2, -0.15) is 0 Å². The van der Waals surface area contributed by atoms with Crippen LogP contribution in [0.25, 0.3) is 0 Å². The molecule has 4 nitrogen and oxygen atoms in total. The molecule has 0 saturated carbocycles. The Morgan fingerprint density at radius 3 is 2.44 bits per heavy atom. The van der Waals surface area contributed by atoms with Crippen molar-refractivity contribution < 1.29 is 9.59 Å². The highest BCUT2D eigenvalue weighted by molar-refractivity contribution is 6.49. The Balaban J connectivity index is 2.58. The first-order valence-electron chi connectivity index (χ1n) is 4.26. The minimum atomic E-state index is -0.756. The highest BCUT2D eigenvalue weighted by atomic mass is 35.5. The molecule has 0 atom stereocenters. The average Bonchev–Trinajstić information content (AvgIpc) is 2.37. The van der Waals surface area contributed by atoms with Gasteiger partial charge < -0.3 is 10.6 Å². The van der Waals surface area contributed by atoms with Crippen LogP contribution in [0.15, 0.2) is 6.07 Å². The summed E-state index contributed by atoms with van der Waals surface area (Å²) in [5, 5.41) is 5.46. The summed E-state index contributed by atoms with van der Waals surface area (Å²) in [4.78, 5) is 22.4. The smallest absolute Gasteiger partial charge is 0.313 e. The Labute approximate surface area is 106 Å². The van der Waals surface area contributed by atoms with Crippen LogP contribution in [0.2, 0.25) is 15.1 Å². The van der Waals surface area contributed by atoms with Gasteiger partial charge in [-0.1, -0.05) is 34.8 Å². The van der Waals surface area contributed by atoms with Crippen LogP contribution in [0.3, 0.4) is 0 Å². The predicted octanol–water partition coefficient (Wildman–Crippen LogP) is 2.22. The van der Waals surface area contributed by atoms with E-state index in [2.05, 4.69) is 10.6 Å². The standard InChI is InChI=1S/C9H5Cl3N2O2/c10-4-1-5-3(6(11)7(4)12)2-13-8(15)9(16)14-5/h1H,2H2,(H,13,15)(H,14,16). The molecule has 1 aromatic carbocycles. The highest BCUT2D eigenvalue weighted by Crippen LogP contribution is 2.38. The van der Waals surface area contributed by atoms with Gasteiger partial charge in [0, 0.05) is 17.8 Å². The van der Waals surface area contributed by atoms with E-state index in [1.165, 1.54) is 6.07 Å². The van der Waals surface area contributed by atoms with Crippen LogP contribution in [-0.4, -0.2) is 11.8 Å². The van der Waals surface area contributed by atoms with Crippen LogP contribution in [-0.2, 0) is 16.1 Å². The first kappa shape index (κ1) is 11.5. The third-order valence-corrected chi connectivity index (χ3v) is 3.44. The Bertz CT molecular complexity index is 502. The molecule has 0 aromatic heterocycles. The maximum atomic E-state index is 11.2. The van der Waals surface area contributed by atoms with Gasteiger partial charge in [0.15, 0.2) is 0 Å².